The Morgan fingerprint density at radius 3 is 1.07 bits per heavy atom. The smallest absolute Gasteiger partial charge is 0.186 e. The van der Waals surface area contributed by atoms with Gasteiger partial charge in [-0.1, -0.05) is 234 Å². The highest BCUT2D eigenvalue weighted by atomic mass is 16.7. The molecule has 424 valence electrons. The standard InChI is InChI=1S/C8H16O6.C8H16.2C8H12.C8H16.3C7H14.C5H10/c1-12-3-4-5(9)6(10)7(11)8(13-2)14-4;3*1-7-3-5-8(2)6-4-7;1-7-4-3-5-8(2)6-7;1-6-3-4-7(2)5-6;1-7(2)5-3-4-6-7;1-6-4-3-5-7(6)2;1-5(2)3-4-5/h4-11H,3H2,1-2H3;7-8H,3-6H2,1-2H3;3,6H,4-5H2,1-2H3;3-8H,1-2H3;7-8H,3-6H2,1-2H3;6-7H,3-5H2,1-2H3;3-6H2,1-2H3;6-7H,3-5H2,1-2H3;3-4H2,1-2H3/t;;;;7-,8+;6-,7+;;6-,7+;. The second-order valence-electron chi connectivity index (χ2n) is 26.9. The third-order valence-electron chi connectivity index (χ3n) is 17.2. The van der Waals surface area contributed by atoms with E-state index >= 15 is 0 Å². The van der Waals surface area contributed by atoms with Crippen LogP contribution in [0.3, 0.4) is 0 Å². The Kier molecular flexibility index (Phi) is 35.8. The molecule has 7 fully saturated rings. The summed E-state index contributed by atoms with van der Waals surface area (Å²) < 4.78 is 14.8. The summed E-state index contributed by atoms with van der Waals surface area (Å²) in [6, 6.07) is 0. The first-order chi connectivity index (χ1) is 33.8. The van der Waals surface area contributed by atoms with Gasteiger partial charge >= 0.3 is 0 Å². The lowest BCUT2D eigenvalue weighted by atomic mass is 9.84. The molecule has 3 N–H and O–H groups in total. The minimum atomic E-state index is -1.28. The first-order valence-electron chi connectivity index (χ1n) is 30.2. The topological polar surface area (TPSA) is 88.4 Å². The number of methoxy groups -OCH3 is 2. The van der Waals surface area contributed by atoms with Crippen molar-refractivity contribution in [3.8, 4) is 0 Å². The predicted octanol–water partition coefficient (Wildman–Crippen LogP) is 18.1. The van der Waals surface area contributed by atoms with Crippen molar-refractivity contribution in [2.45, 2.75) is 283 Å². The largest absolute Gasteiger partial charge is 0.387 e. The van der Waals surface area contributed by atoms with Crippen LogP contribution in [0.15, 0.2) is 47.6 Å². The molecule has 0 aromatic heterocycles. The van der Waals surface area contributed by atoms with Gasteiger partial charge in [0, 0.05) is 14.2 Å². The lowest BCUT2D eigenvalue weighted by Crippen LogP contribution is -2.59. The van der Waals surface area contributed by atoms with Crippen LogP contribution in [-0.2, 0) is 14.2 Å². The first-order valence-corrected chi connectivity index (χ1v) is 30.2. The Labute approximate surface area is 448 Å². The molecule has 9 aliphatic rings. The number of hydrogen-bond donors (Lipinski definition) is 3. The third-order valence-corrected chi connectivity index (χ3v) is 17.2. The summed E-state index contributed by atoms with van der Waals surface area (Å²) in [5, 5.41) is 28.3. The Bertz CT molecular complexity index is 1370. The van der Waals surface area contributed by atoms with Gasteiger partial charge in [0.05, 0.1) is 6.61 Å². The van der Waals surface area contributed by atoms with Crippen molar-refractivity contribution < 1.29 is 29.5 Å². The zero-order valence-corrected chi connectivity index (χ0v) is 51.0. The molecule has 1 heterocycles. The quantitative estimate of drug-likeness (QED) is 0.244. The summed E-state index contributed by atoms with van der Waals surface area (Å²) >= 11 is 0. The van der Waals surface area contributed by atoms with E-state index in [1.165, 1.54) is 167 Å². The zero-order chi connectivity index (χ0) is 54.4. The van der Waals surface area contributed by atoms with E-state index in [1.54, 1.807) is 0 Å². The average molecular weight is 1010 g/mol. The van der Waals surface area contributed by atoms with Crippen LogP contribution >= 0.6 is 0 Å². The van der Waals surface area contributed by atoms with Crippen molar-refractivity contribution in [2.75, 3.05) is 20.8 Å². The van der Waals surface area contributed by atoms with Crippen LogP contribution in [-0.4, -0.2) is 66.9 Å². The van der Waals surface area contributed by atoms with E-state index < -0.39 is 30.7 Å². The zero-order valence-electron chi connectivity index (χ0n) is 51.0. The molecule has 0 radical (unpaired) electrons. The highest BCUT2D eigenvalue weighted by Crippen LogP contribution is 2.43. The summed E-state index contributed by atoms with van der Waals surface area (Å²) in [5.74, 6) is 9.46. The molecule has 0 amide bonds. The van der Waals surface area contributed by atoms with Crippen molar-refractivity contribution in [2.24, 2.45) is 70.0 Å². The molecule has 6 nitrogen and oxygen atoms in total. The SMILES string of the molecule is CC1(C)CC1.CC1(C)CCCC1.CC1=CCC(C)=CC1.CC1C=CC(C)C=C1.CC1CCC(C)CC1.COCC1OC(OC)C(O)C(O)C1O.C[C@@H]1CCC[C@@H]1C.C[C@@H]1CCC[C@H](C)C1.C[C@@H]1CC[C@H](C)C1. The third kappa shape index (κ3) is 33.7. The van der Waals surface area contributed by atoms with E-state index in [-0.39, 0.29) is 6.61 Å². The molecular weight excluding hydrogens is 889 g/mol. The van der Waals surface area contributed by atoms with Gasteiger partial charge in [-0.25, -0.2) is 0 Å². The van der Waals surface area contributed by atoms with Crippen LogP contribution < -0.4 is 0 Å². The van der Waals surface area contributed by atoms with E-state index in [0.29, 0.717) is 17.3 Å². The van der Waals surface area contributed by atoms with E-state index in [2.05, 4.69) is 147 Å². The highest BCUT2D eigenvalue weighted by molar-refractivity contribution is 5.18. The first kappa shape index (κ1) is 68.7. The lowest BCUT2D eigenvalue weighted by Gasteiger charge is -2.39. The van der Waals surface area contributed by atoms with Crippen LogP contribution in [0.1, 0.15) is 252 Å². The average Bonchev–Trinajstić information content (AvgIpc) is 3.57. The second-order valence-corrected chi connectivity index (χ2v) is 26.9. The van der Waals surface area contributed by atoms with Gasteiger partial charge in [0.25, 0.3) is 0 Å². The molecule has 0 aromatic rings. The van der Waals surface area contributed by atoms with Crippen molar-refractivity contribution >= 4 is 0 Å². The van der Waals surface area contributed by atoms with Gasteiger partial charge in [0.15, 0.2) is 6.29 Å². The van der Waals surface area contributed by atoms with Gasteiger partial charge in [-0.15, -0.1) is 0 Å². The maximum atomic E-state index is 9.48. The summed E-state index contributed by atoms with van der Waals surface area (Å²) in [6.45, 7) is 37.1. The van der Waals surface area contributed by atoms with Crippen molar-refractivity contribution in [1.29, 1.82) is 0 Å². The fraction of sp³-hybridized carbons (Fsp3) is 0.879. The second kappa shape index (κ2) is 37.5. The molecule has 9 rings (SSSR count). The maximum absolute atomic E-state index is 9.48. The summed E-state index contributed by atoms with van der Waals surface area (Å²) in [5.41, 5.74) is 4.46. The monoisotopic (exact) mass is 1010 g/mol. The number of hydrogen-bond acceptors (Lipinski definition) is 6. The Morgan fingerprint density at radius 1 is 0.472 bits per heavy atom. The Morgan fingerprint density at radius 2 is 0.819 bits per heavy atom. The van der Waals surface area contributed by atoms with Crippen molar-refractivity contribution in [3.05, 3.63) is 47.6 Å². The molecule has 6 saturated carbocycles. The molecule has 1 saturated heterocycles. The predicted molar refractivity (Wildman–Crippen MR) is 312 cm³/mol. The normalized spacial score (nSPS) is 36.5. The fourth-order valence-corrected chi connectivity index (χ4v) is 10.6. The minimum absolute atomic E-state index is 0.130. The lowest BCUT2D eigenvalue weighted by molar-refractivity contribution is -0.295. The molecule has 72 heavy (non-hydrogen) atoms. The Hall–Kier alpha value is -1.28. The van der Waals surface area contributed by atoms with Gasteiger partial charge in [-0.2, -0.15) is 0 Å². The van der Waals surface area contributed by atoms with Crippen LogP contribution in [0.25, 0.3) is 0 Å². The molecule has 0 aromatic carbocycles. The Balaban J connectivity index is 0.000000410. The fourth-order valence-electron chi connectivity index (χ4n) is 10.6. The van der Waals surface area contributed by atoms with E-state index in [4.69, 9.17) is 14.2 Å². The highest BCUT2D eigenvalue weighted by Gasteiger charge is 2.43. The van der Waals surface area contributed by atoms with Crippen LogP contribution in [0.4, 0.5) is 0 Å². The number of aliphatic hydroxyl groups is 3. The molecule has 8 aliphatic carbocycles. The number of ether oxygens (including phenoxy) is 3. The minimum Gasteiger partial charge on any atom is -0.387 e. The molecular formula is C66H124O6. The molecule has 11 atom stereocenters. The number of aliphatic hydroxyl groups excluding tert-OH is 3. The molecule has 1 aliphatic heterocycles. The van der Waals surface area contributed by atoms with Gasteiger partial charge in [-0.3, -0.25) is 0 Å². The van der Waals surface area contributed by atoms with Crippen molar-refractivity contribution in [1.82, 2.24) is 0 Å². The number of rotatable bonds is 3. The van der Waals surface area contributed by atoms with Crippen LogP contribution in [0.5, 0.6) is 0 Å². The summed E-state index contributed by atoms with van der Waals surface area (Å²) in [7, 11) is 2.80. The van der Waals surface area contributed by atoms with Crippen LogP contribution in [0.2, 0.25) is 0 Å². The van der Waals surface area contributed by atoms with E-state index in [1.807, 2.05) is 0 Å². The van der Waals surface area contributed by atoms with Gasteiger partial charge < -0.3 is 29.5 Å². The van der Waals surface area contributed by atoms with Gasteiger partial charge in [0.2, 0.25) is 0 Å². The van der Waals surface area contributed by atoms with Crippen LogP contribution in [0, 0.1) is 70.0 Å². The number of allylic oxidation sites excluding steroid dienone is 8. The molecule has 6 heteroatoms. The van der Waals surface area contributed by atoms with Crippen molar-refractivity contribution in [3.63, 3.8) is 0 Å². The van der Waals surface area contributed by atoms with E-state index in [9.17, 15) is 15.3 Å². The summed E-state index contributed by atoms with van der Waals surface area (Å²) in [4.78, 5) is 0. The maximum Gasteiger partial charge on any atom is 0.186 e. The molecule has 0 spiro atoms. The van der Waals surface area contributed by atoms with Gasteiger partial charge in [0.1, 0.15) is 24.4 Å². The van der Waals surface area contributed by atoms with E-state index in [0.717, 1.165) is 52.8 Å². The molecule has 5 unspecified atom stereocenters. The molecule has 0 bridgehead atoms. The summed E-state index contributed by atoms with van der Waals surface area (Å²) in [6.07, 6.45) is 40.0. The van der Waals surface area contributed by atoms with Gasteiger partial charge in [-0.05, 0) is 135 Å².